The normalized spacial score (nSPS) is 11.3. The van der Waals surface area contributed by atoms with Crippen LogP contribution < -0.4 is 14.2 Å². The van der Waals surface area contributed by atoms with E-state index in [1.165, 1.54) is 11.3 Å². The number of benzene rings is 6. The minimum Gasteiger partial charge on any atom is -0.485 e. The Morgan fingerprint density at radius 1 is 0.600 bits per heavy atom. The lowest BCUT2D eigenvalue weighted by molar-refractivity contribution is -0.130. The lowest BCUT2D eigenvalue weighted by Gasteiger charge is -2.15. The number of pyridine rings is 1. The van der Waals surface area contributed by atoms with Crippen molar-refractivity contribution in [2.24, 2.45) is 0 Å². The van der Waals surface area contributed by atoms with E-state index in [9.17, 15) is 9.90 Å². The SMILES string of the molecule is O=C(O)/C(=C/c1sc2cc(OCc3ccc(-c4ccccc4)cc3)c(OCc3ccc(-c4ccccc4)cc3)cc2c1Oc1ccccc1)c1ccncc1. The van der Waals surface area contributed by atoms with Crippen molar-refractivity contribution in [3.05, 3.63) is 198 Å². The molecule has 0 fully saturated rings. The third-order valence-electron chi connectivity index (χ3n) is 9.11. The second-order valence-corrected chi connectivity index (χ2v) is 13.9. The Balaban J connectivity index is 1.17. The molecule has 8 rings (SSSR count). The van der Waals surface area contributed by atoms with E-state index in [1.54, 1.807) is 30.6 Å². The van der Waals surface area contributed by atoms with Gasteiger partial charge >= 0.3 is 5.97 Å². The number of hydrogen-bond acceptors (Lipinski definition) is 6. The summed E-state index contributed by atoms with van der Waals surface area (Å²) in [7, 11) is 0. The Morgan fingerprint density at radius 2 is 1.09 bits per heavy atom. The summed E-state index contributed by atoms with van der Waals surface area (Å²) in [5.74, 6) is 1.20. The van der Waals surface area contributed by atoms with Crippen LogP contribution in [0.4, 0.5) is 0 Å². The Bertz CT molecular complexity index is 2550. The number of para-hydroxylation sites is 1. The summed E-state index contributed by atoms with van der Waals surface area (Å²) in [6.45, 7) is 0.624. The van der Waals surface area contributed by atoms with Gasteiger partial charge in [0, 0.05) is 28.5 Å². The molecule has 0 radical (unpaired) electrons. The average Bonchev–Trinajstić information content (AvgIpc) is 3.57. The molecule has 0 unspecified atom stereocenters. The van der Waals surface area contributed by atoms with Gasteiger partial charge < -0.3 is 19.3 Å². The number of carboxylic acids is 1. The molecule has 268 valence electrons. The first-order chi connectivity index (χ1) is 27.1. The molecule has 0 amide bonds. The van der Waals surface area contributed by atoms with Crippen LogP contribution in [-0.4, -0.2) is 16.1 Å². The van der Waals surface area contributed by atoms with Crippen LogP contribution in [0.5, 0.6) is 23.0 Å². The van der Waals surface area contributed by atoms with Crippen molar-refractivity contribution in [2.45, 2.75) is 13.2 Å². The van der Waals surface area contributed by atoms with Gasteiger partial charge in [0.15, 0.2) is 17.2 Å². The first-order valence-electron chi connectivity index (χ1n) is 17.8. The van der Waals surface area contributed by atoms with Gasteiger partial charge in [-0.1, -0.05) is 127 Å². The van der Waals surface area contributed by atoms with Crippen molar-refractivity contribution >= 4 is 39.0 Å². The summed E-state index contributed by atoms with van der Waals surface area (Å²) in [6.07, 6.45) is 4.82. The van der Waals surface area contributed by atoms with Crippen LogP contribution in [0.3, 0.4) is 0 Å². The molecule has 2 heterocycles. The molecular formula is C48H35NO5S. The molecule has 6 nitrogen and oxygen atoms in total. The van der Waals surface area contributed by atoms with Gasteiger partial charge in [0.1, 0.15) is 19.0 Å². The Kier molecular flexibility index (Phi) is 10.4. The van der Waals surface area contributed by atoms with Crippen LogP contribution in [0.2, 0.25) is 0 Å². The highest BCUT2D eigenvalue weighted by atomic mass is 32.1. The fourth-order valence-corrected chi connectivity index (χ4v) is 7.32. The topological polar surface area (TPSA) is 77.9 Å². The second kappa shape index (κ2) is 16.4. The minimum absolute atomic E-state index is 0.123. The van der Waals surface area contributed by atoms with Crippen molar-refractivity contribution in [1.82, 2.24) is 4.98 Å². The van der Waals surface area contributed by atoms with E-state index in [-0.39, 0.29) is 5.57 Å². The Morgan fingerprint density at radius 3 is 1.62 bits per heavy atom. The van der Waals surface area contributed by atoms with Gasteiger partial charge in [0.05, 0.1) is 10.5 Å². The van der Waals surface area contributed by atoms with Crippen molar-refractivity contribution in [3.63, 3.8) is 0 Å². The summed E-state index contributed by atoms with van der Waals surface area (Å²) in [6, 6.07) is 53.9. The van der Waals surface area contributed by atoms with Gasteiger partial charge in [-0.3, -0.25) is 4.98 Å². The highest BCUT2D eigenvalue weighted by molar-refractivity contribution is 7.20. The van der Waals surface area contributed by atoms with Crippen LogP contribution in [0, 0.1) is 0 Å². The monoisotopic (exact) mass is 737 g/mol. The number of rotatable bonds is 13. The maximum atomic E-state index is 12.6. The highest BCUT2D eigenvalue weighted by Crippen LogP contribution is 2.47. The highest BCUT2D eigenvalue weighted by Gasteiger charge is 2.21. The lowest BCUT2D eigenvalue weighted by atomic mass is 10.0. The van der Waals surface area contributed by atoms with E-state index in [2.05, 4.69) is 77.8 Å². The van der Waals surface area contributed by atoms with Crippen LogP contribution in [0.1, 0.15) is 21.6 Å². The van der Waals surface area contributed by atoms with E-state index >= 15 is 0 Å². The van der Waals surface area contributed by atoms with E-state index in [4.69, 9.17) is 14.2 Å². The van der Waals surface area contributed by atoms with Crippen LogP contribution in [0.25, 0.3) is 44.0 Å². The number of nitrogens with zero attached hydrogens (tertiary/aromatic N) is 1. The number of aromatic nitrogens is 1. The number of fused-ring (bicyclic) bond motifs is 1. The molecular weight excluding hydrogens is 703 g/mol. The van der Waals surface area contributed by atoms with E-state index < -0.39 is 5.97 Å². The number of hydrogen-bond donors (Lipinski definition) is 1. The fourth-order valence-electron chi connectivity index (χ4n) is 6.23. The van der Waals surface area contributed by atoms with Gasteiger partial charge in [-0.05, 0) is 75.4 Å². The number of aliphatic carboxylic acids is 1. The van der Waals surface area contributed by atoms with Gasteiger partial charge in [-0.25, -0.2) is 4.79 Å². The third kappa shape index (κ3) is 8.33. The van der Waals surface area contributed by atoms with Gasteiger partial charge in [0.2, 0.25) is 0 Å². The van der Waals surface area contributed by atoms with Crippen molar-refractivity contribution in [2.75, 3.05) is 0 Å². The molecule has 0 aliphatic heterocycles. The van der Waals surface area contributed by atoms with Crippen molar-refractivity contribution < 1.29 is 24.1 Å². The molecule has 2 aromatic heterocycles. The van der Waals surface area contributed by atoms with Gasteiger partial charge in [-0.15, -0.1) is 11.3 Å². The Hall–Kier alpha value is -6.96. The Labute approximate surface area is 323 Å². The molecule has 0 spiro atoms. The summed E-state index contributed by atoms with van der Waals surface area (Å²) in [5.41, 5.74) is 7.23. The zero-order valence-corrected chi connectivity index (χ0v) is 30.5. The molecule has 1 N–H and O–H groups in total. The van der Waals surface area contributed by atoms with E-state index in [1.807, 2.05) is 78.9 Å². The lowest BCUT2D eigenvalue weighted by Crippen LogP contribution is -2.01. The summed E-state index contributed by atoms with van der Waals surface area (Å²) < 4.78 is 20.5. The molecule has 0 atom stereocenters. The molecule has 0 aliphatic carbocycles. The van der Waals surface area contributed by atoms with Crippen molar-refractivity contribution in [1.29, 1.82) is 0 Å². The molecule has 0 bridgehead atoms. The van der Waals surface area contributed by atoms with Crippen LogP contribution >= 0.6 is 11.3 Å². The smallest absolute Gasteiger partial charge is 0.336 e. The second-order valence-electron chi connectivity index (χ2n) is 12.8. The number of ether oxygens (including phenoxy) is 3. The molecule has 0 saturated carbocycles. The molecule has 7 heteroatoms. The summed E-state index contributed by atoms with van der Waals surface area (Å²) in [4.78, 5) is 17.3. The zero-order valence-electron chi connectivity index (χ0n) is 29.7. The maximum absolute atomic E-state index is 12.6. The largest absolute Gasteiger partial charge is 0.485 e. The van der Waals surface area contributed by atoms with Crippen LogP contribution in [-0.2, 0) is 18.0 Å². The standard InChI is InChI=1S/C48H35NO5S/c50-48(51)41(39-24-26-49-27-25-39)29-46-47(54-40-14-8-3-9-15-40)42-28-43(52-31-33-16-20-37(21-17-33)35-10-4-1-5-11-35)44(30-45(42)55-46)53-32-34-18-22-38(23-19-34)36-12-6-2-7-13-36/h1-30H,31-32H2,(H,50,51)/b41-29+. The first-order valence-corrected chi connectivity index (χ1v) is 18.6. The average molecular weight is 738 g/mol. The third-order valence-corrected chi connectivity index (χ3v) is 10.2. The number of thiophene rings is 1. The summed E-state index contributed by atoms with van der Waals surface area (Å²) >= 11 is 1.43. The van der Waals surface area contributed by atoms with Gasteiger partial charge in [-0.2, -0.15) is 0 Å². The fraction of sp³-hybridized carbons (Fsp3) is 0.0417. The van der Waals surface area contributed by atoms with Crippen LogP contribution in [0.15, 0.2) is 176 Å². The first kappa shape index (κ1) is 35.1. The number of carbonyl (C=O) groups is 1. The molecule has 0 saturated heterocycles. The van der Waals surface area contributed by atoms with Crippen molar-refractivity contribution in [3.8, 4) is 45.3 Å². The molecule has 55 heavy (non-hydrogen) atoms. The maximum Gasteiger partial charge on any atom is 0.336 e. The predicted molar refractivity (Wildman–Crippen MR) is 221 cm³/mol. The zero-order chi connectivity index (χ0) is 37.4. The minimum atomic E-state index is -1.06. The summed E-state index contributed by atoms with van der Waals surface area (Å²) in [5, 5.41) is 11.1. The molecule has 0 aliphatic rings. The predicted octanol–water partition coefficient (Wildman–Crippen LogP) is 12.2. The van der Waals surface area contributed by atoms with Gasteiger partial charge in [0.25, 0.3) is 0 Å². The number of carboxylic acid groups (broad SMARTS) is 1. The van der Waals surface area contributed by atoms with E-state index in [0.29, 0.717) is 46.7 Å². The quantitative estimate of drug-likeness (QED) is 0.119. The van der Waals surface area contributed by atoms with E-state index in [0.717, 1.165) is 43.5 Å². The molecule has 6 aromatic carbocycles. The molecule has 8 aromatic rings.